The van der Waals surface area contributed by atoms with E-state index >= 15 is 0 Å². The molecule has 3 aromatic rings. The maximum absolute atomic E-state index is 13.7. The SMILES string of the molecule is COc1ccc(C(=O)CSc2nc3ccc([N+](=O)[O-])cc3s2)cc1F. The fourth-order valence-corrected chi connectivity index (χ4v) is 4.11. The van der Waals surface area contributed by atoms with Crippen molar-refractivity contribution in [2.24, 2.45) is 0 Å². The second kappa shape index (κ2) is 7.16. The number of nitrogens with zero attached hydrogens (tertiary/aromatic N) is 2. The minimum atomic E-state index is -0.592. The number of hydrogen-bond donors (Lipinski definition) is 0. The smallest absolute Gasteiger partial charge is 0.270 e. The number of ketones is 1. The number of thioether (sulfide) groups is 1. The van der Waals surface area contributed by atoms with Crippen molar-refractivity contribution in [2.75, 3.05) is 12.9 Å². The number of nitro groups is 1. The van der Waals surface area contributed by atoms with Gasteiger partial charge in [-0.15, -0.1) is 11.3 Å². The number of Topliss-reactive ketones (excluding diaryl/α,β-unsaturated/α-hetero) is 1. The van der Waals surface area contributed by atoms with Gasteiger partial charge in [0.15, 0.2) is 21.7 Å². The molecule has 0 atom stereocenters. The van der Waals surface area contributed by atoms with Gasteiger partial charge in [-0.3, -0.25) is 14.9 Å². The van der Waals surface area contributed by atoms with E-state index in [1.165, 1.54) is 54.5 Å². The Hall–Kier alpha value is -2.52. The molecule has 0 saturated carbocycles. The van der Waals surface area contributed by atoms with Crippen LogP contribution in [0.15, 0.2) is 40.7 Å². The summed E-state index contributed by atoms with van der Waals surface area (Å²) in [6.45, 7) is 0. The molecule has 0 fully saturated rings. The third-order valence-corrected chi connectivity index (χ3v) is 5.52. The molecule has 0 aliphatic heterocycles. The molecule has 0 amide bonds. The number of methoxy groups -OCH3 is 1. The van der Waals surface area contributed by atoms with Crippen LogP contribution in [0.25, 0.3) is 10.2 Å². The maximum Gasteiger partial charge on any atom is 0.270 e. The number of thiazole rings is 1. The topological polar surface area (TPSA) is 82.3 Å². The molecule has 0 saturated heterocycles. The van der Waals surface area contributed by atoms with Crippen LogP contribution < -0.4 is 4.74 Å². The number of hydrogen-bond acceptors (Lipinski definition) is 7. The third kappa shape index (κ3) is 3.77. The third-order valence-electron chi connectivity index (χ3n) is 3.36. The zero-order valence-corrected chi connectivity index (χ0v) is 14.5. The number of carbonyl (C=O) groups is 1. The van der Waals surface area contributed by atoms with Crippen molar-refractivity contribution in [3.8, 4) is 5.75 Å². The first-order valence-electron chi connectivity index (χ1n) is 7.02. The van der Waals surface area contributed by atoms with Gasteiger partial charge in [-0.25, -0.2) is 9.37 Å². The second-order valence-electron chi connectivity index (χ2n) is 4.95. The first-order valence-corrected chi connectivity index (χ1v) is 8.82. The highest BCUT2D eigenvalue weighted by Crippen LogP contribution is 2.32. The van der Waals surface area contributed by atoms with Gasteiger partial charge >= 0.3 is 0 Å². The van der Waals surface area contributed by atoms with E-state index in [0.717, 1.165) is 6.07 Å². The van der Waals surface area contributed by atoms with Gasteiger partial charge in [0, 0.05) is 17.7 Å². The summed E-state index contributed by atoms with van der Waals surface area (Å²) in [7, 11) is 1.35. The second-order valence-corrected chi connectivity index (χ2v) is 7.20. The fourth-order valence-electron chi connectivity index (χ4n) is 2.12. The predicted molar refractivity (Wildman–Crippen MR) is 94.3 cm³/mol. The number of carbonyl (C=O) groups excluding carboxylic acids is 1. The number of rotatable bonds is 6. The lowest BCUT2D eigenvalue weighted by molar-refractivity contribution is -0.384. The Balaban J connectivity index is 1.72. The Morgan fingerprint density at radius 3 is 2.84 bits per heavy atom. The van der Waals surface area contributed by atoms with Crippen LogP contribution in [0.1, 0.15) is 10.4 Å². The van der Waals surface area contributed by atoms with Crippen molar-refractivity contribution in [2.45, 2.75) is 4.34 Å². The number of ether oxygens (including phenoxy) is 1. The molecular formula is C16H11FN2O4S2. The van der Waals surface area contributed by atoms with Crippen LogP contribution in [0.5, 0.6) is 5.75 Å². The number of non-ortho nitro benzene ring substituents is 1. The van der Waals surface area contributed by atoms with E-state index in [-0.39, 0.29) is 28.5 Å². The fraction of sp³-hybridized carbons (Fsp3) is 0.125. The van der Waals surface area contributed by atoms with Gasteiger partial charge < -0.3 is 4.74 Å². The van der Waals surface area contributed by atoms with Crippen molar-refractivity contribution in [1.82, 2.24) is 4.98 Å². The molecule has 0 bridgehead atoms. The van der Waals surface area contributed by atoms with Gasteiger partial charge in [0.2, 0.25) is 0 Å². The summed E-state index contributed by atoms with van der Waals surface area (Å²) in [6, 6.07) is 8.48. The highest BCUT2D eigenvalue weighted by molar-refractivity contribution is 8.01. The molecule has 1 heterocycles. The number of aromatic nitrogens is 1. The van der Waals surface area contributed by atoms with Gasteiger partial charge in [-0.05, 0) is 24.3 Å². The van der Waals surface area contributed by atoms with E-state index < -0.39 is 10.7 Å². The summed E-state index contributed by atoms with van der Waals surface area (Å²) < 4.78 is 19.8. The van der Waals surface area contributed by atoms with Crippen molar-refractivity contribution in [3.05, 3.63) is 57.9 Å². The Labute approximate surface area is 149 Å². The van der Waals surface area contributed by atoms with Crippen LogP contribution in [0.4, 0.5) is 10.1 Å². The minimum Gasteiger partial charge on any atom is -0.494 e. The average molecular weight is 378 g/mol. The summed E-state index contributed by atoms with van der Waals surface area (Å²) in [6.07, 6.45) is 0. The van der Waals surface area contributed by atoms with Crippen molar-refractivity contribution < 1.29 is 18.8 Å². The number of nitro benzene ring substituents is 1. The largest absolute Gasteiger partial charge is 0.494 e. The van der Waals surface area contributed by atoms with Crippen molar-refractivity contribution >= 4 is 44.8 Å². The van der Waals surface area contributed by atoms with Gasteiger partial charge in [0.1, 0.15) is 0 Å². The Morgan fingerprint density at radius 2 is 2.16 bits per heavy atom. The summed E-state index contributed by atoms with van der Waals surface area (Å²) >= 11 is 2.49. The molecule has 128 valence electrons. The van der Waals surface area contributed by atoms with E-state index in [0.29, 0.717) is 14.6 Å². The first-order chi connectivity index (χ1) is 12.0. The van der Waals surface area contributed by atoms with Gasteiger partial charge in [-0.2, -0.15) is 0 Å². The van der Waals surface area contributed by atoms with Crippen molar-refractivity contribution in [3.63, 3.8) is 0 Å². The molecule has 3 rings (SSSR count). The van der Waals surface area contributed by atoms with Crippen molar-refractivity contribution in [1.29, 1.82) is 0 Å². The zero-order chi connectivity index (χ0) is 18.0. The highest BCUT2D eigenvalue weighted by Gasteiger charge is 2.14. The number of halogens is 1. The summed E-state index contributed by atoms with van der Waals surface area (Å²) in [5, 5.41) is 10.8. The van der Waals surface area contributed by atoms with Crippen LogP contribution in [0.3, 0.4) is 0 Å². The molecule has 0 unspecified atom stereocenters. The monoisotopic (exact) mass is 378 g/mol. The summed E-state index contributed by atoms with van der Waals surface area (Å²) in [4.78, 5) is 26.9. The van der Waals surface area contributed by atoms with Gasteiger partial charge in [0.25, 0.3) is 5.69 Å². The lowest BCUT2D eigenvalue weighted by atomic mass is 10.1. The molecule has 0 aliphatic rings. The van der Waals surface area contributed by atoms with Crippen LogP contribution in [0.2, 0.25) is 0 Å². The van der Waals surface area contributed by atoms with E-state index in [4.69, 9.17) is 4.74 Å². The molecule has 6 nitrogen and oxygen atoms in total. The molecule has 9 heteroatoms. The van der Waals surface area contributed by atoms with Gasteiger partial charge in [-0.1, -0.05) is 11.8 Å². The predicted octanol–water partition coefficient (Wildman–Crippen LogP) is 4.33. The molecule has 25 heavy (non-hydrogen) atoms. The maximum atomic E-state index is 13.7. The lowest BCUT2D eigenvalue weighted by Gasteiger charge is -2.04. The normalized spacial score (nSPS) is 10.8. The van der Waals surface area contributed by atoms with Crippen LogP contribution in [-0.2, 0) is 0 Å². The summed E-state index contributed by atoms with van der Waals surface area (Å²) in [5.41, 5.74) is 0.890. The molecule has 0 aliphatic carbocycles. The van der Waals surface area contributed by atoms with Gasteiger partial charge in [0.05, 0.1) is 28.0 Å². The van der Waals surface area contributed by atoms with Crippen LogP contribution >= 0.6 is 23.1 Å². The molecule has 0 spiro atoms. The van der Waals surface area contributed by atoms with E-state index in [1.807, 2.05) is 0 Å². The highest BCUT2D eigenvalue weighted by atomic mass is 32.2. The lowest BCUT2D eigenvalue weighted by Crippen LogP contribution is -2.03. The average Bonchev–Trinajstić information content (AvgIpc) is 3.01. The number of benzene rings is 2. The molecule has 0 radical (unpaired) electrons. The standard InChI is InChI=1S/C16H11FN2O4S2/c1-23-14-5-2-9(6-11(14)17)13(20)8-24-16-18-12-4-3-10(19(21)22)7-15(12)25-16/h2-7H,8H2,1H3. The van der Waals surface area contributed by atoms with Crippen LogP contribution in [-0.4, -0.2) is 28.6 Å². The first kappa shape index (κ1) is 17.3. The Kier molecular flexibility index (Phi) is 4.95. The zero-order valence-electron chi connectivity index (χ0n) is 12.9. The Bertz CT molecular complexity index is 974. The summed E-state index contributed by atoms with van der Waals surface area (Å²) in [5.74, 6) is -0.660. The minimum absolute atomic E-state index is 0.00233. The van der Waals surface area contributed by atoms with Crippen LogP contribution in [0, 0.1) is 15.9 Å². The van der Waals surface area contributed by atoms with E-state index in [1.54, 1.807) is 6.07 Å². The molecule has 0 N–H and O–H groups in total. The van der Waals surface area contributed by atoms with E-state index in [2.05, 4.69) is 4.98 Å². The van der Waals surface area contributed by atoms with E-state index in [9.17, 15) is 19.3 Å². The molecule has 2 aromatic carbocycles. The Morgan fingerprint density at radius 1 is 1.36 bits per heavy atom. The quantitative estimate of drug-likeness (QED) is 0.275. The molecular weight excluding hydrogens is 367 g/mol. The number of fused-ring (bicyclic) bond motifs is 1. The molecule has 1 aromatic heterocycles.